The summed E-state index contributed by atoms with van der Waals surface area (Å²) in [6.07, 6.45) is 4.68. The second-order valence-corrected chi connectivity index (χ2v) is 5.79. The topological polar surface area (TPSA) is 73.4 Å². The Morgan fingerprint density at radius 3 is 2.72 bits per heavy atom. The van der Waals surface area contributed by atoms with Crippen LogP contribution in [0.5, 0.6) is 0 Å². The van der Waals surface area contributed by atoms with Crippen LogP contribution in [0.4, 0.5) is 0 Å². The number of nitrogens with zero attached hydrogens (tertiary/aromatic N) is 4. The van der Waals surface area contributed by atoms with Gasteiger partial charge in [-0.1, -0.05) is 12.1 Å². The van der Waals surface area contributed by atoms with E-state index in [1.807, 2.05) is 19.2 Å². The summed E-state index contributed by atoms with van der Waals surface area (Å²) in [5, 5.41) is 4.12. The molecule has 0 fully saturated rings. The van der Waals surface area contributed by atoms with Crippen molar-refractivity contribution in [1.29, 1.82) is 0 Å². The Kier molecular flexibility index (Phi) is 4.95. The number of carbonyl (C=O) groups is 1. The molecular formula is C18H20N4O3. The summed E-state index contributed by atoms with van der Waals surface area (Å²) in [4.78, 5) is 17.8. The van der Waals surface area contributed by atoms with Crippen molar-refractivity contribution in [3.05, 3.63) is 66.1 Å². The average Bonchev–Trinajstić information content (AvgIpc) is 3.32. The molecule has 2 aromatic heterocycles. The number of carbonyl (C=O) groups excluding carboxylic acids is 1. The minimum atomic E-state index is -0.460. The van der Waals surface area contributed by atoms with E-state index in [1.54, 1.807) is 17.1 Å². The Morgan fingerprint density at radius 2 is 2.08 bits per heavy atom. The van der Waals surface area contributed by atoms with Crippen LogP contribution in [0.25, 0.3) is 5.69 Å². The highest BCUT2D eigenvalue weighted by Crippen LogP contribution is 2.23. The van der Waals surface area contributed by atoms with Crippen LogP contribution in [-0.2, 0) is 11.3 Å². The molecule has 1 unspecified atom stereocenters. The molecule has 1 atom stereocenters. The lowest BCUT2D eigenvalue weighted by atomic mass is 10.1. The minimum absolute atomic E-state index is 0.158. The number of hydrogen-bond acceptors (Lipinski definition) is 6. The standard InChI is InChI=1S/C18H20N4O3/c1-13(14-4-6-16(7-5-14)22-12-19-11-20-22)21(2)10-15-8-9-25-17(15)18(23)24-3/h4-9,11-13H,10H2,1-3H3. The van der Waals surface area contributed by atoms with Gasteiger partial charge in [0.15, 0.2) is 0 Å². The molecule has 25 heavy (non-hydrogen) atoms. The van der Waals surface area contributed by atoms with Gasteiger partial charge >= 0.3 is 5.97 Å². The lowest BCUT2D eigenvalue weighted by Crippen LogP contribution is -2.22. The zero-order chi connectivity index (χ0) is 17.8. The predicted octanol–water partition coefficient (Wildman–Crippen LogP) is 2.84. The molecule has 0 aliphatic rings. The number of hydrogen-bond donors (Lipinski definition) is 0. The highest BCUT2D eigenvalue weighted by molar-refractivity contribution is 5.87. The van der Waals surface area contributed by atoms with E-state index in [-0.39, 0.29) is 11.8 Å². The summed E-state index contributed by atoms with van der Waals surface area (Å²) < 4.78 is 11.7. The first kappa shape index (κ1) is 16.9. The van der Waals surface area contributed by atoms with Crippen molar-refractivity contribution in [2.75, 3.05) is 14.2 Å². The Hall–Kier alpha value is -2.93. The maximum Gasteiger partial charge on any atom is 0.374 e. The van der Waals surface area contributed by atoms with Crippen LogP contribution < -0.4 is 0 Å². The zero-order valence-corrected chi connectivity index (χ0v) is 14.4. The van der Waals surface area contributed by atoms with Crippen molar-refractivity contribution in [2.45, 2.75) is 19.5 Å². The Balaban J connectivity index is 1.71. The quantitative estimate of drug-likeness (QED) is 0.643. The van der Waals surface area contributed by atoms with Gasteiger partial charge in [-0.05, 0) is 37.7 Å². The molecule has 0 radical (unpaired) electrons. The number of methoxy groups -OCH3 is 1. The highest BCUT2D eigenvalue weighted by atomic mass is 16.5. The molecule has 1 aromatic carbocycles. The Morgan fingerprint density at radius 1 is 1.32 bits per heavy atom. The SMILES string of the molecule is COC(=O)c1occc1CN(C)C(C)c1ccc(-n2cncn2)cc1. The third kappa shape index (κ3) is 3.61. The van der Waals surface area contributed by atoms with E-state index in [2.05, 4.69) is 34.0 Å². The van der Waals surface area contributed by atoms with Crippen LogP contribution in [0.1, 0.15) is 34.6 Å². The fourth-order valence-electron chi connectivity index (χ4n) is 2.64. The van der Waals surface area contributed by atoms with E-state index in [0.717, 1.165) is 16.8 Å². The normalized spacial score (nSPS) is 12.3. The summed E-state index contributed by atoms with van der Waals surface area (Å²) in [5.41, 5.74) is 2.92. The van der Waals surface area contributed by atoms with Crippen molar-refractivity contribution >= 4 is 5.97 Å². The highest BCUT2D eigenvalue weighted by Gasteiger charge is 2.19. The molecule has 0 saturated heterocycles. The number of benzene rings is 1. The van der Waals surface area contributed by atoms with Crippen molar-refractivity contribution in [3.8, 4) is 5.69 Å². The van der Waals surface area contributed by atoms with Crippen LogP contribution in [0.2, 0.25) is 0 Å². The van der Waals surface area contributed by atoms with Gasteiger partial charge in [-0.15, -0.1) is 0 Å². The summed E-state index contributed by atoms with van der Waals surface area (Å²) in [6.45, 7) is 2.69. The van der Waals surface area contributed by atoms with Crippen molar-refractivity contribution < 1.29 is 13.9 Å². The van der Waals surface area contributed by atoms with Crippen molar-refractivity contribution in [1.82, 2.24) is 19.7 Å². The van der Waals surface area contributed by atoms with Gasteiger partial charge in [0.1, 0.15) is 12.7 Å². The second-order valence-electron chi connectivity index (χ2n) is 5.79. The molecule has 7 heteroatoms. The van der Waals surface area contributed by atoms with Gasteiger partial charge in [0, 0.05) is 18.2 Å². The molecule has 0 aliphatic carbocycles. The van der Waals surface area contributed by atoms with E-state index in [4.69, 9.17) is 9.15 Å². The third-order valence-corrected chi connectivity index (χ3v) is 4.26. The number of furan rings is 1. The van der Waals surface area contributed by atoms with Crippen molar-refractivity contribution in [2.24, 2.45) is 0 Å². The van der Waals surface area contributed by atoms with Gasteiger partial charge in [-0.3, -0.25) is 4.90 Å². The molecule has 0 bridgehead atoms. The van der Waals surface area contributed by atoms with Gasteiger partial charge in [-0.2, -0.15) is 5.10 Å². The molecule has 3 rings (SSSR count). The average molecular weight is 340 g/mol. The summed E-state index contributed by atoms with van der Waals surface area (Å²) in [5.74, 6) is -0.207. The smallest absolute Gasteiger partial charge is 0.374 e. The Labute approximate surface area is 145 Å². The Bertz CT molecular complexity index is 824. The first-order chi connectivity index (χ1) is 12.1. The second kappa shape index (κ2) is 7.31. The van der Waals surface area contributed by atoms with Gasteiger partial charge in [0.25, 0.3) is 0 Å². The van der Waals surface area contributed by atoms with E-state index >= 15 is 0 Å². The zero-order valence-electron chi connectivity index (χ0n) is 14.4. The predicted molar refractivity (Wildman–Crippen MR) is 91.3 cm³/mol. The number of rotatable bonds is 6. The number of ether oxygens (including phenoxy) is 1. The molecular weight excluding hydrogens is 320 g/mol. The molecule has 0 spiro atoms. The molecule has 0 amide bonds. The van der Waals surface area contributed by atoms with E-state index in [1.165, 1.54) is 19.7 Å². The van der Waals surface area contributed by atoms with Gasteiger partial charge in [0.05, 0.1) is 19.1 Å². The number of aromatic nitrogens is 3. The number of esters is 1. The monoisotopic (exact) mass is 340 g/mol. The van der Waals surface area contributed by atoms with Gasteiger partial charge in [0.2, 0.25) is 5.76 Å². The maximum absolute atomic E-state index is 11.7. The molecule has 130 valence electrons. The van der Waals surface area contributed by atoms with Gasteiger partial charge in [-0.25, -0.2) is 14.5 Å². The lowest BCUT2D eigenvalue weighted by Gasteiger charge is -2.25. The summed E-state index contributed by atoms with van der Waals surface area (Å²) >= 11 is 0. The molecule has 0 saturated carbocycles. The molecule has 2 heterocycles. The van der Waals surface area contributed by atoms with E-state index in [0.29, 0.717) is 6.54 Å². The first-order valence-corrected chi connectivity index (χ1v) is 7.90. The van der Waals surface area contributed by atoms with Crippen LogP contribution in [0.3, 0.4) is 0 Å². The largest absolute Gasteiger partial charge is 0.463 e. The molecule has 7 nitrogen and oxygen atoms in total. The molecule has 0 aliphatic heterocycles. The first-order valence-electron chi connectivity index (χ1n) is 7.90. The van der Waals surface area contributed by atoms with Crippen LogP contribution in [0, 0.1) is 0 Å². The van der Waals surface area contributed by atoms with Crippen LogP contribution >= 0.6 is 0 Å². The van der Waals surface area contributed by atoms with E-state index < -0.39 is 5.97 Å². The fourth-order valence-corrected chi connectivity index (χ4v) is 2.64. The van der Waals surface area contributed by atoms with E-state index in [9.17, 15) is 4.79 Å². The summed E-state index contributed by atoms with van der Waals surface area (Å²) in [7, 11) is 3.35. The van der Waals surface area contributed by atoms with Crippen LogP contribution in [-0.4, -0.2) is 39.8 Å². The third-order valence-electron chi connectivity index (χ3n) is 4.26. The minimum Gasteiger partial charge on any atom is -0.463 e. The summed E-state index contributed by atoms with van der Waals surface area (Å²) in [6, 6.07) is 10.1. The van der Waals surface area contributed by atoms with Gasteiger partial charge < -0.3 is 9.15 Å². The van der Waals surface area contributed by atoms with Crippen molar-refractivity contribution in [3.63, 3.8) is 0 Å². The lowest BCUT2D eigenvalue weighted by molar-refractivity contribution is 0.0561. The maximum atomic E-state index is 11.7. The molecule has 0 N–H and O–H groups in total. The van der Waals surface area contributed by atoms with Crippen LogP contribution in [0.15, 0.2) is 53.7 Å². The fraction of sp³-hybridized carbons (Fsp3) is 0.278. The molecule has 3 aromatic rings.